The van der Waals surface area contributed by atoms with Gasteiger partial charge in [-0.15, -0.1) is 0 Å². The van der Waals surface area contributed by atoms with E-state index in [1.165, 1.54) is 31.2 Å². The summed E-state index contributed by atoms with van der Waals surface area (Å²) in [6, 6.07) is 1.26. The number of amides is 2. The highest BCUT2D eigenvalue weighted by atomic mass is 16.2. The van der Waals surface area contributed by atoms with Crippen molar-refractivity contribution in [3.8, 4) is 0 Å². The molecule has 6 heteroatoms. The Hall–Kier alpha value is -1.56. The van der Waals surface area contributed by atoms with E-state index in [0.29, 0.717) is 12.0 Å². The van der Waals surface area contributed by atoms with Crippen LogP contribution in [0.25, 0.3) is 0 Å². The molecule has 2 saturated heterocycles. The van der Waals surface area contributed by atoms with Gasteiger partial charge in [0, 0.05) is 51.5 Å². The lowest BCUT2D eigenvalue weighted by Gasteiger charge is -2.24. The lowest BCUT2D eigenvalue weighted by molar-refractivity contribution is 0.200. The number of nitrogens with zero attached hydrogens (tertiary/aromatic N) is 4. The molecule has 1 aliphatic carbocycles. The number of hydrogen-bond donors (Lipinski definition) is 1. The van der Waals surface area contributed by atoms with Crippen molar-refractivity contribution in [2.45, 2.75) is 57.0 Å². The Balaban J connectivity index is 1.22. The minimum absolute atomic E-state index is 0.145. The molecule has 0 unspecified atom stereocenters. The minimum Gasteiger partial charge on any atom is -0.334 e. The normalized spacial score (nSPS) is 28.1. The second kappa shape index (κ2) is 7.36. The minimum atomic E-state index is 0.145. The fourth-order valence-corrected chi connectivity index (χ4v) is 4.87. The summed E-state index contributed by atoms with van der Waals surface area (Å²) in [5.41, 5.74) is 1.28. The highest BCUT2D eigenvalue weighted by molar-refractivity contribution is 5.74. The van der Waals surface area contributed by atoms with Crippen LogP contribution in [0.3, 0.4) is 0 Å². The quantitative estimate of drug-likeness (QED) is 0.908. The Morgan fingerprint density at radius 1 is 1.20 bits per heavy atom. The van der Waals surface area contributed by atoms with Gasteiger partial charge in [0.25, 0.3) is 0 Å². The van der Waals surface area contributed by atoms with Gasteiger partial charge < -0.3 is 10.2 Å². The molecule has 0 bridgehead atoms. The summed E-state index contributed by atoms with van der Waals surface area (Å²) in [4.78, 5) is 17.2. The van der Waals surface area contributed by atoms with Gasteiger partial charge in [-0.1, -0.05) is 12.8 Å². The molecule has 3 fully saturated rings. The number of aromatic nitrogens is 2. The van der Waals surface area contributed by atoms with Crippen LogP contribution in [-0.4, -0.2) is 63.9 Å². The van der Waals surface area contributed by atoms with Crippen LogP contribution in [0.1, 0.15) is 44.1 Å². The van der Waals surface area contributed by atoms with Crippen LogP contribution in [0.2, 0.25) is 0 Å². The van der Waals surface area contributed by atoms with E-state index >= 15 is 0 Å². The molecule has 2 atom stereocenters. The fourth-order valence-electron chi connectivity index (χ4n) is 4.87. The number of aryl methyl sites for hydroxylation is 1. The average Bonchev–Trinajstić information content (AvgIpc) is 3.34. The topological polar surface area (TPSA) is 53.4 Å². The third kappa shape index (κ3) is 4.00. The Morgan fingerprint density at radius 2 is 2.04 bits per heavy atom. The second-order valence-corrected chi connectivity index (χ2v) is 8.20. The van der Waals surface area contributed by atoms with Crippen LogP contribution in [0.15, 0.2) is 12.4 Å². The molecular weight excluding hydrogens is 314 g/mol. The third-order valence-electron chi connectivity index (χ3n) is 6.24. The van der Waals surface area contributed by atoms with Crippen LogP contribution in [0, 0.1) is 5.92 Å². The van der Waals surface area contributed by atoms with Crippen molar-refractivity contribution in [1.29, 1.82) is 0 Å². The van der Waals surface area contributed by atoms with Crippen molar-refractivity contribution in [1.82, 2.24) is 24.9 Å². The van der Waals surface area contributed by atoms with E-state index in [4.69, 9.17) is 0 Å². The van der Waals surface area contributed by atoms with Crippen LogP contribution in [-0.2, 0) is 13.5 Å². The first-order valence-corrected chi connectivity index (χ1v) is 9.94. The lowest BCUT2D eigenvalue weighted by atomic mass is 10.0. The van der Waals surface area contributed by atoms with E-state index in [2.05, 4.69) is 21.5 Å². The highest BCUT2D eigenvalue weighted by Gasteiger charge is 2.33. The first kappa shape index (κ1) is 16.9. The summed E-state index contributed by atoms with van der Waals surface area (Å²) in [6.07, 6.45) is 12.7. The number of rotatable bonds is 4. The van der Waals surface area contributed by atoms with E-state index < -0.39 is 0 Å². The number of carbonyl (C=O) groups is 1. The average molecular weight is 345 g/mol. The summed E-state index contributed by atoms with van der Waals surface area (Å²) in [6.45, 7) is 3.96. The molecule has 1 aromatic rings. The zero-order valence-electron chi connectivity index (χ0n) is 15.4. The molecular formula is C19H31N5O. The molecule has 1 aromatic heterocycles. The summed E-state index contributed by atoms with van der Waals surface area (Å²) in [5, 5.41) is 7.53. The maximum atomic E-state index is 12.6. The molecule has 0 radical (unpaired) electrons. The van der Waals surface area contributed by atoms with Gasteiger partial charge >= 0.3 is 6.03 Å². The van der Waals surface area contributed by atoms with Crippen LogP contribution >= 0.6 is 0 Å². The number of hydrogen-bond acceptors (Lipinski definition) is 3. The van der Waals surface area contributed by atoms with Gasteiger partial charge in [0.1, 0.15) is 0 Å². The number of carbonyl (C=O) groups excluding carboxylic acids is 1. The van der Waals surface area contributed by atoms with Crippen molar-refractivity contribution >= 4 is 6.03 Å². The Bertz CT molecular complexity index is 594. The fraction of sp³-hybridized carbons (Fsp3) is 0.789. The summed E-state index contributed by atoms with van der Waals surface area (Å²) in [5.74, 6) is 0.563. The highest BCUT2D eigenvalue weighted by Crippen LogP contribution is 2.27. The van der Waals surface area contributed by atoms with Crippen molar-refractivity contribution in [2.24, 2.45) is 13.0 Å². The van der Waals surface area contributed by atoms with Crippen molar-refractivity contribution in [3.05, 3.63) is 18.0 Å². The molecule has 2 amide bonds. The summed E-state index contributed by atoms with van der Waals surface area (Å²) < 4.78 is 1.85. The molecule has 1 saturated carbocycles. The van der Waals surface area contributed by atoms with Crippen LogP contribution in [0.4, 0.5) is 4.79 Å². The second-order valence-electron chi connectivity index (χ2n) is 8.20. The largest absolute Gasteiger partial charge is 0.334 e. The number of urea groups is 1. The monoisotopic (exact) mass is 345 g/mol. The molecule has 3 aliphatic rings. The molecule has 2 aliphatic heterocycles. The molecule has 1 N–H and O–H groups in total. The predicted octanol–water partition coefficient (Wildman–Crippen LogP) is 2.01. The maximum Gasteiger partial charge on any atom is 0.317 e. The van der Waals surface area contributed by atoms with E-state index in [1.54, 1.807) is 0 Å². The Kier molecular flexibility index (Phi) is 4.97. The first-order valence-electron chi connectivity index (χ1n) is 9.94. The SMILES string of the molecule is Cn1cc(C[C@H]2CCN(C(=O)N[C@H]3CCN(C4CCCC4)C3)C2)cn1. The van der Waals surface area contributed by atoms with Crippen LogP contribution in [0.5, 0.6) is 0 Å². The Labute approximate surface area is 150 Å². The molecule has 4 rings (SSSR count). The van der Waals surface area contributed by atoms with E-state index in [1.807, 2.05) is 22.8 Å². The van der Waals surface area contributed by atoms with Gasteiger partial charge in [-0.2, -0.15) is 5.10 Å². The molecule has 25 heavy (non-hydrogen) atoms. The number of likely N-dealkylation sites (tertiary alicyclic amines) is 2. The van der Waals surface area contributed by atoms with Gasteiger partial charge in [-0.05, 0) is 43.6 Å². The van der Waals surface area contributed by atoms with Crippen molar-refractivity contribution in [2.75, 3.05) is 26.2 Å². The predicted molar refractivity (Wildman–Crippen MR) is 97.4 cm³/mol. The van der Waals surface area contributed by atoms with Crippen molar-refractivity contribution in [3.63, 3.8) is 0 Å². The lowest BCUT2D eigenvalue weighted by Crippen LogP contribution is -2.45. The van der Waals surface area contributed by atoms with Gasteiger partial charge in [-0.25, -0.2) is 4.79 Å². The first-order chi connectivity index (χ1) is 12.2. The Morgan fingerprint density at radius 3 is 2.80 bits per heavy atom. The van der Waals surface area contributed by atoms with E-state index in [9.17, 15) is 4.79 Å². The van der Waals surface area contributed by atoms with Gasteiger partial charge in [0.05, 0.1) is 6.20 Å². The third-order valence-corrected chi connectivity index (χ3v) is 6.24. The summed E-state index contributed by atoms with van der Waals surface area (Å²) >= 11 is 0. The zero-order valence-corrected chi connectivity index (χ0v) is 15.4. The molecule has 6 nitrogen and oxygen atoms in total. The van der Waals surface area contributed by atoms with Crippen LogP contribution < -0.4 is 5.32 Å². The smallest absolute Gasteiger partial charge is 0.317 e. The zero-order chi connectivity index (χ0) is 17.2. The maximum absolute atomic E-state index is 12.6. The molecule has 0 spiro atoms. The van der Waals surface area contributed by atoms with E-state index in [-0.39, 0.29) is 6.03 Å². The molecule has 3 heterocycles. The molecule has 0 aromatic carbocycles. The summed E-state index contributed by atoms with van der Waals surface area (Å²) in [7, 11) is 1.95. The van der Waals surface area contributed by atoms with Gasteiger partial charge in [-0.3, -0.25) is 9.58 Å². The standard InChI is InChI=1S/C19H31N5O/c1-22-12-16(11-20-22)10-15-6-8-24(13-15)19(25)21-17-7-9-23(14-17)18-4-2-3-5-18/h11-12,15,17-18H,2-10,13-14H2,1H3,(H,21,25)/t15-,17+/m1/s1. The van der Waals surface area contributed by atoms with E-state index in [0.717, 1.165) is 51.5 Å². The molecule has 138 valence electrons. The number of nitrogens with one attached hydrogen (secondary N) is 1. The van der Waals surface area contributed by atoms with Gasteiger partial charge in [0.2, 0.25) is 0 Å². The van der Waals surface area contributed by atoms with Gasteiger partial charge in [0.15, 0.2) is 0 Å². The van der Waals surface area contributed by atoms with Crippen molar-refractivity contribution < 1.29 is 4.79 Å².